The number of carbonyl (C=O) groups excluding carboxylic acids is 3. The molecule has 2 N–H and O–H groups in total. The van der Waals surface area contributed by atoms with Crippen LogP contribution >= 0.6 is 11.3 Å². The number of nitrogens with one attached hydrogen (secondary N) is 2. The van der Waals surface area contributed by atoms with Crippen molar-refractivity contribution in [2.45, 2.75) is 50.9 Å². The van der Waals surface area contributed by atoms with Crippen molar-refractivity contribution in [2.75, 3.05) is 13.7 Å². The van der Waals surface area contributed by atoms with Crippen LogP contribution in [0.2, 0.25) is 0 Å². The number of rotatable bonds is 9. The Morgan fingerprint density at radius 2 is 1.97 bits per heavy atom. The van der Waals surface area contributed by atoms with Gasteiger partial charge in [-0.2, -0.15) is 0 Å². The normalized spacial score (nSPS) is 19.1. The van der Waals surface area contributed by atoms with Gasteiger partial charge in [-0.3, -0.25) is 14.4 Å². The summed E-state index contributed by atoms with van der Waals surface area (Å²) >= 11 is 1.64. The van der Waals surface area contributed by atoms with Crippen LogP contribution < -0.4 is 15.4 Å². The lowest BCUT2D eigenvalue weighted by molar-refractivity contribution is -0.133. The van der Waals surface area contributed by atoms with E-state index in [-0.39, 0.29) is 41.7 Å². The van der Waals surface area contributed by atoms with E-state index in [2.05, 4.69) is 15.6 Å². The van der Waals surface area contributed by atoms with Crippen LogP contribution in [0.3, 0.4) is 0 Å². The number of amides is 3. The largest absolute Gasteiger partial charge is 0.497 e. The summed E-state index contributed by atoms with van der Waals surface area (Å²) in [5.41, 5.74) is 0.192. The van der Waals surface area contributed by atoms with Gasteiger partial charge >= 0.3 is 0 Å². The van der Waals surface area contributed by atoms with Crippen LogP contribution in [-0.4, -0.2) is 57.4 Å². The van der Waals surface area contributed by atoms with E-state index in [1.54, 1.807) is 34.8 Å². The number of methoxy groups -OCH3 is 1. The van der Waals surface area contributed by atoms with Gasteiger partial charge in [0.15, 0.2) is 5.69 Å². The number of hydrogen-bond acceptors (Lipinski definition) is 6. The van der Waals surface area contributed by atoms with Gasteiger partial charge in [-0.1, -0.05) is 18.2 Å². The number of fused-ring (bicyclic) bond motifs is 1. The molecule has 10 heteroatoms. The molecule has 0 unspecified atom stereocenters. The third-order valence-corrected chi connectivity index (χ3v) is 7.67. The van der Waals surface area contributed by atoms with E-state index in [1.165, 1.54) is 11.2 Å². The molecule has 3 heterocycles. The molecule has 2 aliphatic rings. The predicted molar refractivity (Wildman–Crippen MR) is 135 cm³/mol. The molecule has 36 heavy (non-hydrogen) atoms. The summed E-state index contributed by atoms with van der Waals surface area (Å²) in [5, 5.41) is 7.87. The minimum atomic E-state index is -1.09. The highest BCUT2D eigenvalue weighted by Crippen LogP contribution is 2.38. The fourth-order valence-corrected chi connectivity index (χ4v) is 5.38. The van der Waals surface area contributed by atoms with Crippen LogP contribution in [0, 0.1) is 0 Å². The van der Waals surface area contributed by atoms with E-state index in [1.807, 2.05) is 41.8 Å². The number of hydrogen-bond donors (Lipinski definition) is 2. The Morgan fingerprint density at radius 3 is 2.64 bits per heavy atom. The maximum atomic E-state index is 13.7. The highest BCUT2D eigenvalue weighted by Gasteiger charge is 2.53. The van der Waals surface area contributed by atoms with Crippen molar-refractivity contribution in [3.05, 3.63) is 69.9 Å². The van der Waals surface area contributed by atoms with Crippen LogP contribution in [0.4, 0.5) is 0 Å². The summed E-state index contributed by atoms with van der Waals surface area (Å²) in [6, 6.07) is 11.4. The molecule has 1 saturated carbocycles. The second-order valence-corrected chi connectivity index (χ2v) is 10.4. The Hall–Kier alpha value is -3.66. The molecular formula is C26H29N5O4S. The van der Waals surface area contributed by atoms with Gasteiger partial charge in [0.05, 0.1) is 20.0 Å². The van der Waals surface area contributed by atoms with Crippen molar-refractivity contribution in [3.8, 4) is 5.75 Å². The topological polar surface area (TPSA) is 106 Å². The Morgan fingerprint density at radius 1 is 1.19 bits per heavy atom. The summed E-state index contributed by atoms with van der Waals surface area (Å²) in [4.78, 5) is 47.2. The van der Waals surface area contributed by atoms with Crippen LogP contribution in [0.5, 0.6) is 5.75 Å². The molecule has 1 aliphatic carbocycles. The molecule has 0 bridgehead atoms. The van der Waals surface area contributed by atoms with Gasteiger partial charge in [0.1, 0.15) is 17.0 Å². The monoisotopic (exact) mass is 507 g/mol. The van der Waals surface area contributed by atoms with E-state index in [0.717, 1.165) is 24.2 Å². The summed E-state index contributed by atoms with van der Waals surface area (Å²) in [7, 11) is 1.61. The minimum Gasteiger partial charge on any atom is -0.497 e. The highest BCUT2D eigenvalue weighted by molar-refractivity contribution is 7.09. The number of benzene rings is 1. The lowest BCUT2D eigenvalue weighted by atomic mass is 9.93. The molecule has 0 saturated heterocycles. The molecule has 0 spiro atoms. The molecule has 9 nitrogen and oxygen atoms in total. The standard InChI is InChI=1S/C26H29N5O4S/c1-26(25(34)28-14-17-5-9-19(35-2)10-6-17)15-30-16-29-21(22(30)24(33)31(26)18-7-8-18)23(32)27-12-11-20-4-3-13-36-20/h3-6,9-10,13,16,18H,7-8,11-12,14-15H2,1-2H3,(H,27,32)(H,28,34)/t26-/m0/s1. The SMILES string of the molecule is COc1ccc(CNC(=O)[C@]2(C)Cn3cnc(C(=O)NCCc4cccs4)c3C(=O)N2C2CC2)cc1. The summed E-state index contributed by atoms with van der Waals surface area (Å²) in [5.74, 6) is -0.197. The van der Waals surface area contributed by atoms with Crippen molar-refractivity contribution in [3.63, 3.8) is 0 Å². The van der Waals surface area contributed by atoms with Crippen molar-refractivity contribution >= 4 is 29.1 Å². The zero-order valence-corrected chi connectivity index (χ0v) is 21.1. The summed E-state index contributed by atoms with van der Waals surface area (Å²) < 4.78 is 6.83. The molecular weight excluding hydrogens is 478 g/mol. The fourth-order valence-electron chi connectivity index (χ4n) is 4.68. The van der Waals surface area contributed by atoms with Crippen LogP contribution in [-0.2, 0) is 24.3 Å². The number of thiophene rings is 1. The summed E-state index contributed by atoms with van der Waals surface area (Å²) in [6.45, 7) is 2.81. The maximum absolute atomic E-state index is 13.7. The number of carbonyl (C=O) groups is 3. The first-order chi connectivity index (χ1) is 17.4. The van der Waals surface area contributed by atoms with Crippen LogP contribution in [0.15, 0.2) is 48.1 Å². The Bertz CT molecular complexity index is 1270. The van der Waals surface area contributed by atoms with Gasteiger partial charge in [-0.25, -0.2) is 4.98 Å². The molecule has 5 rings (SSSR count). The Labute approximate surface area is 213 Å². The van der Waals surface area contributed by atoms with Crippen LogP contribution in [0.25, 0.3) is 0 Å². The molecule has 1 aliphatic heterocycles. The van der Waals surface area contributed by atoms with Crippen molar-refractivity contribution < 1.29 is 19.1 Å². The molecule has 1 fully saturated rings. The molecule has 2 aromatic heterocycles. The lowest BCUT2D eigenvalue weighted by Crippen LogP contribution is -2.64. The molecule has 3 amide bonds. The average molecular weight is 508 g/mol. The first-order valence-electron chi connectivity index (χ1n) is 12.0. The number of imidazole rings is 1. The third kappa shape index (κ3) is 4.60. The first kappa shape index (κ1) is 24.1. The van der Waals surface area contributed by atoms with Crippen molar-refractivity contribution in [1.29, 1.82) is 0 Å². The molecule has 1 atom stereocenters. The molecule has 0 radical (unpaired) electrons. The fraction of sp³-hybridized carbons (Fsp3) is 0.385. The second kappa shape index (κ2) is 9.77. The second-order valence-electron chi connectivity index (χ2n) is 9.37. The third-order valence-electron chi connectivity index (χ3n) is 6.73. The first-order valence-corrected chi connectivity index (χ1v) is 12.9. The number of ether oxygens (including phenoxy) is 1. The predicted octanol–water partition coefficient (Wildman–Crippen LogP) is 2.62. The van der Waals surface area contributed by atoms with Crippen molar-refractivity contribution in [1.82, 2.24) is 25.1 Å². The van der Waals surface area contributed by atoms with Gasteiger partial charge < -0.3 is 24.8 Å². The smallest absolute Gasteiger partial charge is 0.274 e. The van der Waals surface area contributed by atoms with E-state index in [9.17, 15) is 14.4 Å². The van der Waals surface area contributed by atoms with Gasteiger partial charge in [0.25, 0.3) is 11.8 Å². The van der Waals surface area contributed by atoms with E-state index in [4.69, 9.17) is 4.74 Å². The Balaban J connectivity index is 1.32. The quantitative estimate of drug-likeness (QED) is 0.463. The lowest BCUT2D eigenvalue weighted by Gasteiger charge is -2.44. The highest BCUT2D eigenvalue weighted by atomic mass is 32.1. The van der Waals surface area contributed by atoms with Gasteiger partial charge in [0.2, 0.25) is 5.91 Å². The van der Waals surface area contributed by atoms with E-state index >= 15 is 0 Å². The zero-order valence-electron chi connectivity index (χ0n) is 20.3. The van der Waals surface area contributed by atoms with E-state index in [0.29, 0.717) is 19.5 Å². The summed E-state index contributed by atoms with van der Waals surface area (Å²) in [6.07, 6.45) is 3.88. The molecule has 188 valence electrons. The van der Waals surface area contributed by atoms with Crippen LogP contribution in [0.1, 0.15) is 51.2 Å². The number of aromatic nitrogens is 2. The number of nitrogens with zero attached hydrogens (tertiary/aromatic N) is 3. The molecule has 1 aromatic carbocycles. The van der Waals surface area contributed by atoms with Crippen molar-refractivity contribution in [2.24, 2.45) is 0 Å². The van der Waals surface area contributed by atoms with Gasteiger partial charge in [-0.05, 0) is 55.3 Å². The zero-order chi connectivity index (χ0) is 25.3. The molecule has 3 aromatic rings. The maximum Gasteiger partial charge on any atom is 0.274 e. The van der Waals surface area contributed by atoms with E-state index < -0.39 is 5.54 Å². The van der Waals surface area contributed by atoms with Gasteiger partial charge in [0, 0.05) is 24.0 Å². The minimum absolute atomic E-state index is 0.0207. The average Bonchev–Trinajstić information content (AvgIpc) is 3.38. The van der Waals surface area contributed by atoms with Gasteiger partial charge in [-0.15, -0.1) is 11.3 Å². The Kier molecular flexibility index (Phi) is 6.53.